The van der Waals surface area contributed by atoms with Crippen molar-refractivity contribution in [2.24, 2.45) is 0 Å². The van der Waals surface area contributed by atoms with E-state index in [0.717, 1.165) is 51.9 Å². The molecule has 3 aromatic rings. The number of rotatable bonds is 3. The van der Waals surface area contributed by atoms with Crippen molar-refractivity contribution in [1.29, 1.82) is 0 Å². The van der Waals surface area contributed by atoms with Crippen LogP contribution in [0.15, 0.2) is 42.7 Å². The fourth-order valence-electron chi connectivity index (χ4n) is 4.44. The van der Waals surface area contributed by atoms with Gasteiger partial charge in [-0.25, -0.2) is 0 Å². The van der Waals surface area contributed by atoms with Gasteiger partial charge in [0.2, 0.25) is 0 Å². The highest BCUT2D eigenvalue weighted by Gasteiger charge is 2.32. The van der Waals surface area contributed by atoms with Gasteiger partial charge in [-0.15, -0.1) is 0 Å². The number of aryl methyl sites for hydroxylation is 2. The maximum Gasteiger partial charge on any atom is 0.255 e. The summed E-state index contributed by atoms with van der Waals surface area (Å²) in [6.45, 7) is 6.41. The Morgan fingerprint density at radius 3 is 2.83 bits per heavy atom. The summed E-state index contributed by atoms with van der Waals surface area (Å²) >= 11 is 0. The Morgan fingerprint density at radius 2 is 2.07 bits per heavy atom. The van der Waals surface area contributed by atoms with Crippen LogP contribution >= 0.6 is 0 Å². The van der Waals surface area contributed by atoms with Crippen molar-refractivity contribution in [1.82, 2.24) is 20.2 Å². The lowest BCUT2D eigenvalue weighted by Gasteiger charge is -2.36. The number of nitrogens with zero attached hydrogens (tertiary/aromatic N) is 3. The zero-order valence-electron chi connectivity index (χ0n) is 17.0. The van der Waals surface area contributed by atoms with Gasteiger partial charge >= 0.3 is 0 Å². The fourth-order valence-corrected chi connectivity index (χ4v) is 4.44. The molecule has 1 saturated heterocycles. The number of carbonyl (C=O) groups is 1. The Balaban J connectivity index is 1.63. The van der Waals surface area contributed by atoms with Gasteiger partial charge in [0.1, 0.15) is 0 Å². The largest absolute Gasteiger partial charge is 0.329 e. The molecular weight excluding hydrogens is 360 g/mol. The van der Waals surface area contributed by atoms with Gasteiger partial charge in [0, 0.05) is 49.0 Å². The predicted octanol–water partition coefficient (Wildman–Crippen LogP) is 3.91. The van der Waals surface area contributed by atoms with Crippen molar-refractivity contribution in [3.05, 3.63) is 70.7 Å². The van der Waals surface area contributed by atoms with Crippen LogP contribution in [-0.4, -0.2) is 40.4 Å². The van der Waals surface area contributed by atoms with Crippen LogP contribution in [0.5, 0.6) is 0 Å². The van der Waals surface area contributed by atoms with Crippen molar-refractivity contribution in [2.75, 3.05) is 19.6 Å². The number of amides is 1. The summed E-state index contributed by atoms with van der Waals surface area (Å²) in [4.78, 5) is 25.1. The summed E-state index contributed by atoms with van der Waals surface area (Å²) in [6, 6.07) is 10.3. The summed E-state index contributed by atoms with van der Waals surface area (Å²) in [5, 5.41) is 4.40. The summed E-state index contributed by atoms with van der Waals surface area (Å²) in [5.41, 5.74) is 6.20. The average Bonchev–Trinajstić information content (AvgIpc) is 3.59. The third kappa shape index (κ3) is 3.40. The van der Waals surface area contributed by atoms with Crippen LogP contribution in [0.2, 0.25) is 0 Å². The minimum absolute atomic E-state index is 0.0107. The number of pyridine rings is 2. The van der Waals surface area contributed by atoms with Crippen LogP contribution in [0.4, 0.5) is 0 Å². The van der Waals surface area contributed by atoms with Crippen LogP contribution in [0, 0.1) is 13.8 Å². The van der Waals surface area contributed by atoms with Crippen LogP contribution < -0.4 is 5.32 Å². The molecule has 1 unspecified atom stereocenters. The molecule has 1 N–H and O–H groups in total. The molecule has 1 atom stereocenters. The maximum absolute atomic E-state index is 13.9. The summed E-state index contributed by atoms with van der Waals surface area (Å²) < 4.78 is 0. The van der Waals surface area contributed by atoms with Crippen molar-refractivity contribution in [2.45, 2.75) is 38.6 Å². The molecule has 2 fully saturated rings. The van der Waals surface area contributed by atoms with Crippen LogP contribution in [-0.2, 0) is 0 Å². The van der Waals surface area contributed by atoms with E-state index < -0.39 is 0 Å². The second kappa shape index (κ2) is 7.23. The molecule has 1 aliphatic heterocycles. The molecule has 29 heavy (non-hydrogen) atoms. The molecule has 5 nitrogen and oxygen atoms in total. The molecule has 2 aliphatic rings. The molecule has 148 valence electrons. The Labute approximate surface area is 171 Å². The molecule has 1 aromatic carbocycles. The Hall–Kier alpha value is -2.79. The quantitative estimate of drug-likeness (QED) is 0.741. The van der Waals surface area contributed by atoms with E-state index in [9.17, 15) is 4.79 Å². The molecule has 2 aromatic heterocycles. The van der Waals surface area contributed by atoms with Gasteiger partial charge < -0.3 is 10.2 Å². The van der Waals surface area contributed by atoms with E-state index in [4.69, 9.17) is 4.98 Å². The Bertz CT molecular complexity index is 1080. The van der Waals surface area contributed by atoms with Crippen molar-refractivity contribution >= 4 is 16.8 Å². The first kappa shape index (κ1) is 18.3. The van der Waals surface area contributed by atoms with E-state index in [1.807, 2.05) is 17.2 Å². The molecule has 5 heteroatoms. The van der Waals surface area contributed by atoms with E-state index in [1.165, 1.54) is 12.8 Å². The number of benzene rings is 1. The van der Waals surface area contributed by atoms with Crippen LogP contribution in [0.1, 0.15) is 57.5 Å². The minimum atomic E-state index is -0.0107. The van der Waals surface area contributed by atoms with E-state index in [0.29, 0.717) is 12.5 Å². The normalized spacial score (nSPS) is 19.5. The van der Waals surface area contributed by atoms with E-state index in [2.05, 4.69) is 48.4 Å². The molecule has 5 rings (SSSR count). The van der Waals surface area contributed by atoms with Gasteiger partial charge in [-0.1, -0.05) is 17.7 Å². The summed E-state index contributed by atoms with van der Waals surface area (Å²) in [7, 11) is 0. The highest BCUT2D eigenvalue weighted by Crippen LogP contribution is 2.41. The maximum atomic E-state index is 13.9. The van der Waals surface area contributed by atoms with Crippen molar-refractivity contribution < 1.29 is 4.79 Å². The number of piperazine rings is 1. The molecule has 0 spiro atoms. The first-order chi connectivity index (χ1) is 14.1. The number of hydrogen-bond donors (Lipinski definition) is 1. The average molecular weight is 386 g/mol. The van der Waals surface area contributed by atoms with Gasteiger partial charge in [0.05, 0.1) is 17.1 Å². The third-order valence-corrected chi connectivity index (χ3v) is 6.07. The second-order valence-electron chi connectivity index (χ2n) is 8.35. The summed E-state index contributed by atoms with van der Waals surface area (Å²) in [6.07, 6.45) is 5.98. The van der Waals surface area contributed by atoms with E-state index in [1.54, 1.807) is 6.20 Å². The van der Waals surface area contributed by atoms with Crippen LogP contribution in [0.3, 0.4) is 0 Å². The highest BCUT2D eigenvalue weighted by atomic mass is 16.2. The second-order valence-corrected chi connectivity index (χ2v) is 8.35. The van der Waals surface area contributed by atoms with Gasteiger partial charge in [-0.2, -0.15) is 0 Å². The lowest BCUT2D eigenvalue weighted by Crippen LogP contribution is -2.48. The number of fused-ring (bicyclic) bond motifs is 1. The van der Waals surface area contributed by atoms with Gasteiger partial charge in [0.15, 0.2) is 0 Å². The minimum Gasteiger partial charge on any atom is -0.329 e. The van der Waals surface area contributed by atoms with Gasteiger partial charge in [0.25, 0.3) is 5.91 Å². The topological polar surface area (TPSA) is 58.1 Å². The Morgan fingerprint density at radius 1 is 1.21 bits per heavy atom. The van der Waals surface area contributed by atoms with Crippen LogP contribution in [0.25, 0.3) is 10.9 Å². The van der Waals surface area contributed by atoms with Crippen molar-refractivity contribution in [3.8, 4) is 0 Å². The number of nitrogens with one attached hydrogen (secondary N) is 1. The molecular formula is C24H26N4O. The first-order valence-electron chi connectivity index (χ1n) is 10.5. The van der Waals surface area contributed by atoms with Crippen molar-refractivity contribution in [3.63, 3.8) is 0 Å². The molecule has 3 heterocycles. The van der Waals surface area contributed by atoms with E-state index in [-0.39, 0.29) is 11.9 Å². The lowest BCUT2D eigenvalue weighted by atomic mass is 9.98. The molecule has 1 aliphatic carbocycles. The third-order valence-electron chi connectivity index (χ3n) is 6.07. The number of carbonyl (C=O) groups excluding carboxylic acids is 1. The lowest BCUT2D eigenvalue weighted by molar-refractivity contribution is 0.0636. The Kier molecular flexibility index (Phi) is 4.55. The smallest absolute Gasteiger partial charge is 0.255 e. The highest BCUT2D eigenvalue weighted by molar-refractivity contribution is 6.07. The first-order valence-corrected chi connectivity index (χ1v) is 10.5. The van der Waals surface area contributed by atoms with Gasteiger partial charge in [-0.05, 0) is 56.0 Å². The zero-order chi connectivity index (χ0) is 20.0. The molecule has 0 bridgehead atoms. The summed E-state index contributed by atoms with van der Waals surface area (Å²) in [5.74, 6) is 0.600. The molecule has 1 amide bonds. The van der Waals surface area contributed by atoms with E-state index >= 15 is 0 Å². The molecule has 1 saturated carbocycles. The zero-order valence-corrected chi connectivity index (χ0v) is 17.0. The fraction of sp³-hybridized carbons (Fsp3) is 0.375. The number of hydrogen-bond acceptors (Lipinski definition) is 4. The number of aromatic nitrogens is 2. The SMILES string of the molecule is Cc1cc(C)c2nc(C3CC3)cc(C(=O)N3CCNCC3c3cccnc3)c2c1. The predicted molar refractivity (Wildman–Crippen MR) is 114 cm³/mol. The van der Waals surface area contributed by atoms with Gasteiger partial charge in [-0.3, -0.25) is 14.8 Å². The monoisotopic (exact) mass is 386 g/mol. The standard InChI is InChI=1S/C24H26N4O/c1-15-10-16(2)23-19(11-15)20(12-21(27-23)17-5-6-17)24(29)28-9-8-26-14-22(28)18-4-3-7-25-13-18/h3-4,7,10-13,17,22,26H,5-6,8-9,14H2,1-2H3. The molecule has 0 radical (unpaired) electrons.